The Hall–Kier alpha value is -3.77. The van der Waals surface area contributed by atoms with Gasteiger partial charge in [0.2, 0.25) is 5.91 Å². The number of carbonyl (C=O) groups is 1. The maximum Gasteiger partial charge on any atom is 0.223 e. The first-order valence-electron chi connectivity index (χ1n) is 11.4. The summed E-state index contributed by atoms with van der Waals surface area (Å²) >= 11 is 0. The zero-order valence-electron chi connectivity index (χ0n) is 19.8. The van der Waals surface area contributed by atoms with Gasteiger partial charge < -0.3 is 31.9 Å². The third-order valence-corrected chi connectivity index (χ3v) is 6.76. The molecule has 4 atom stereocenters. The average molecular weight is 461 g/mol. The van der Waals surface area contributed by atoms with E-state index in [4.69, 9.17) is 11.5 Å². The average Bonchev–Trinajstić information content (AvgIpc) is 3.41. The summed E-state index contributed by atoms with van der Waals surface area (Å²) in [4.78, 5) is 20.7. The van der Waals surface area contributed by atoms with Crippen LogP contribution in [0.2, 0.25) is 0 Å². The first kappa shape index (κ1) is 23.4. The molecule has 0 spiro atoms. The quantitative estimate of drug-likeness (QED) is 0.331. The van der Waals surface area contributed by atoms with Crippen molar-refractivity contribution in [3.63, 3.8) is 0 Å². The minimum atomic E-state index is -0.316. The van der Waals surface area contributed by atoms with Crippen molar-refractivity contribution in [1.29, 1.82) is 5.26 Å². The molecule has 178 valence electrons. The first-order chi connectivity index (χ1) is 16.3. The number of likely N-dealkylation sites (N-methyl/N-ethyl adjacent to an activating group) is 2. The molecule has 6 N–H and O–H groups in total. The highest BCUT2D eigenvalue weighted by Gasteiger charge is 2.47. The predicted octanol–water partition coefficient (Wildman–Crippen LogP) is 2.36. The fraction of sp³-hybridized carbons (Fsp3) is 0.400. The van der Waals surface area contributed by atoms with Gasteiger partial charge in [0, 0.05) is 44.1 Å². The standard InChI is InChI=1S/C25H32N8O/c1-32(2)8-9-33(3)18-6-7-20(19(27)11-18)30-22-12-21(17(13-26)14-29-22)31-24-16-5-4-15(10-16)23(24)25(28)34/h4-7,11-12,14-16,23-24H,8-10,27H2,1-3H3,(H2,28,34)(H2,29,30,31)/t15-,16+,23+,24-/m1/s1. The number of nitrogen functional groups attached to an aromatic ring is 1. The number of hydrogen-bond acceptors (Lipinski definition) is 8. The SMILES string of the molecule is CN(C)CCN(C)c1ccc(Nc2cc(N[C@H]3[C@@H](C(N)=O)[C@@H]4C=C[C@H]3C4)c(C#N)cn2)c(N)c1. The highest BCUT2D eigenvalue weighted by molar-refractivity contribution is 5.80. The predicted molar refractivity (Wildman–Crippen MR) is 136 cm³/mol. The van der Waals surface area contributed by atoms with Gasteiger partial charge in [0.25, 0.3) is 0 Å². The summed E-state index contributed by atoms with van der Waals surface area (Å²) in [6.07, 6.45) is 6.63. The van der Waals surface area contributed by atoms with Gasteiger partial charge in [-0.05, 0) is 50.6 Å². The van der Waals surface area contributed by atoms with E-state index in [9.17, 15) is 10.1 Å². The van der Waals surface area contributed by atoms with Gasteiger partial charge in [-0.25, -0.2) is 4.98 Å². The third kappa shape index (κ3) is 4.77. The Morgan fingerprint density at radius 2 is 1.94 bits per heavy atom. The van der Waals surface area contributed by atoms with Gasteiger partial charge in [-0.1, -0.05) is 12.2 Å². The number of carbonyl (C=O) groups excluding carboxylic acids is 1. The molecule has 2 aliphatic rings. The molecule has 1 fully saturated rings. The van der Waals surface area contributed by atoms with E-state index >= 15 is 0 Å². The molecule has 0 aliphatic heterocycles. The Morgan fingerprint density at radius 3 is 2.62 bits per heavy atom. The Kier molecular flexibility index (Phi) is 6.61. The van der Waals surface area contributed by atoms with E-state index in [0.717, 1.165) is 30.9 Å². The van der Waals surface area contributed by atoms with E-state index in [-0.39, 0.29) is 29.7 Å². The molecule has 34 heavy (non-hydrogen) atoms. The number of nitrogens with zero attached hydrogens (tertiary/aromatic N) is 4. The number of benzene rings is 1. The summed E-state index contributed by atoms with van der Waals surface area (Å²) in [5, 5.41) is 16.3. The van der Waals surface area contributed by atoms with Gasteiger partial charge >= 0.3 is 0 Å². The zero-order chi connectivity index (χ0) is 24.4. The van der Waals surface area contributed by atoms with Crippen molar-refractivity contribution in [2.75, 3.05) is 55.5 Å². The molecule has 4 rings (SSSR count). The van der Waals surface area contributed by atoms with Crippen LogP contribution in [0.4, 0.5) is 28.6 Å². The van der Waals surface area contributed by atoms with Crippen molar-refractivity contribution in [3.8, 4) is 6.07 Å². The molecule has 0 radical (unpaired) electrons. The van der Waals surface area contributed by atoms with E-state index in [1.807, 2.05) is 39.3 Å². The number of aromatic nitrogens is 1. The number of pyridine rings is 1. The van der Waals surface area contributed by atoms with Crippen LogP contribution in [0.25, 0.3) is 0 Å². The Labute approximate surface area is 200 Å². The van der Waals surface area contributed by atoms with Crippen LogP contribution in [0.15, 0.2) is 42.6 Å². The smallest absolute Gasteiger partial charge is 0.223 e. The van der Waals surface area contributed by atoms with Crippen molar-refractivity contribution in [3.05, 3.63) is 48.2 Å². The first-order valence-corrected chi connectivity index (χ1v) is 11.4. The summed E-state index contributed by atoms with van der Waals surface area (Å²) in [6.45, 7) is 1.83. The number of primary amides is 1. The second-order valence-corrected chi connectivity index (χ2v) is 9.39. The van der Waals surface area contributed by atoms with Crippen molar-refractivity contribution in [1.82, 2.24) is 9.88 Å². The third-order valence-electron chi connectivity index (χ3n) is 6.76. The molecule has 9 nitrogen and oxygen atoms in total. The van der Waals surface area contributed by atoms with Gasteiger partial charge in [0.15, 0.2) is 0 Å². The van der Waals surface area contributed by atoms with Crippen molar-refractivity contribution < 1.29 is 4.79 Å². The van der Waals surface area contributed by atoms with Crippen molar-refractivity contribution in [2.24, 2.45) is 23.5 Å². The largest absolute Gasteiger partial charge is 0.397 e. The number of allylic oxidation sites excluding steroid dienone is 1. The fourth-order valence-electron chi connectivity index (χ4n) is 4.84. The van der Waals surface area contributed by atoms with Crippen LogP contribution in [0, 0.1) is 29.1 Å². The monoisotopic (exact) mass is 460 g/mol. The summed E-state index contributed by atoms with van der Waals surface area (Å²) < 4.78 is 0. The molecule has 2 bridgehead atoms. The Morgan fingerprint density at radius 1 is 1.18 bits per heavy atom. The Balaban J connectivity index is 1.52. The lowest BCUT2D eigenvalue weighted by Gasteiger charge is -2.28. The summed E-state index contributed by atoms with van der Waals surface area (Å²) in [5.41, 5.74) is 15.4. The fourth-order valence-corrected chi connectivity index (χ4v) is 4.84. The number of hydrogen-bond donors (Lipinski definition) is 4. The molecule has 1 saturated carbocycles. The molecular formula is C25H32N8O. The molecule has 1 aromatic heterocycles. The zero-order valence-corrected chi connectivity index (χ0v) is 19.8. The van der Waals surface area contributed by atoms with Crippen LogP contribution in [-0.4, -0.2) is 56.1 Å². The number of nitrogens with one attached hydrogen (secondary N) is 2. The molecule has 2 aromatic rings. The number of amides is 1. The highest BCUT2D eigenvalue weighted by atomic mass is 16.1. The maximum atomic E-state index is 12.1. The lowest BCUT2D eigenvalue weighted by Crippen LogP contribution is -2.41. The molecule has 9 heteroatoms. The van der Waals surface area contributed by atoms with E-state index in [1.54, 1.807) is 6.07 Å². The molecule has 1 heterocycles. The van der Waals surface area contributed by atoms with Crippen LogP contribution in [0.3, 0.4) is 0 Å². The van der Waals surface area contributed by atoms with Gasteiger partial charge in [0.05, 0.1) is 28.5 Å². The normalized spacial score (nSPS) is 22.6. The summed E-state index contributed by atoms with van der Waals surface area (Å²) in [5.74, 6) is 0.309. The second-order valence-electron chi connectivity index (χ2n) is 9.39. The Bertz CT molecular complexity index is 1140. The number of anilines is 5. The van der Waals surface area contributed by atoms with Crippen LogP contribution < -0.4 is 27.0 Å². The van der Waals surface area contributed by atoms with Crippen LogP contribution in [-0.2, 0) is 4.79 Å². The van der Waals surface area contributed by atoms with E-state index in [1.165, 1.54) is 6.20 Å². The van der Waals surface area contributed by atoms with Gasteiger partial charge in [-0.3, -0.25) is 4.79 Å². The number of rotatable bonds is 9. The van der Waals surface area contributed by atoms with Gasteiger partial charge in [-0.15, -0.1) is 0 Å². The number of nitriles is 1. The van der Waals surface area contributed by atoms with E-state index in [2.05, 4.69) is 43.6 Å². The minimum absolute atomic E-state index is 0.142. The number of fused-ring (bicyclic) bond motifs is 2. The van der Waals surface area contributed by atoms with Crippen LogP contribution in [0.5, 0.6) is 0 Å². The lowest BCUT2D eigenvalue weighted by atomic mass is 9.88. The summed E-state index contributed by atoms with van der Waals surface area (Å²) in [6, 6.07) is 9.68. The molecule has 2 aliphatic carbocycles. The van der Waals surface area contributed by atoms with Gasteiger partial charge in [-0.2, -0.15) is 5.26 Å². The minimum Gasteiger partial charge on any atom is -0.397 e. The van der Waals surface area contributed by atoms with Crippen molar-refractivity contribution >= 4 is 34.5 Å². The molecule has 1 amide bonds. The van der Waals surface area contributed by atoms with E-state index in [0.29, 0.717) is 22.8 Å². The lowest BCUT2D eigenvalue weighted by molar-refractivity contribution is -0.122. The maximum absolute atomic E-state index is 12.1. The molecule has 0 unspecified atom stereocenters. The molecular weight excluding hydrogens is 428 g/mol. The molecule has 0 saturated heterocycles. The highest BCUT2D eigenvalue weighted by Crippen LogP contribution is 2.45. The second kappa shape index (κ2) is 9.61. The molecule has 1 aromatic carbocycles. The van der Waals surface area contributed by atoms with Crippen LogP contribution >= 0.6 is 0 Å². The number of nitrogens with two attached hydrogens (primary N) is 2. The van der Waals surface area contributed by atoms with Gasteiger partial charge in [0.1, 0.15) is 11.9 Å². The van der Waals surface area contributed by atoms with Crippen LogP contribution in [0.1, 0.15) is 12.0 Å². The summed E-state index contributed by atoms with van der Waals surface area (Å²) in [7, 11) is 6.13. The van der Waals surface area contributed by atoms with Crippen molar-refractivity contribution in [2.45, 2.75) is 12.5 Å². The topological polar surface area (TPSA) is 136 Å². The van der Waals surface area contributed by atoms with E-state index < -0.39 is 0 Å².